The van der Waals surface area contributed by atoms with Crippen LogP contribution in [0.2, 0.25) is 0 Å². The lowest BCUT2D eigenvalue weighted by atomic mass is 11.0. The van der Waals surface area contributed by atoms with Crippen molar-refractivity contribution in [3.05, 3.63) is 20.0 Å². The molecule has 0 aromatic carbocycles. The van der Waals surface area contributed by atoms with Gasteiger partial charge in [-0.3, -0.25) is 0 Å². The van der Waals surface area contributed by atoms with E-state index >= 15 is 0 Å². The Morgan fingerprint density at radius 2 is 1.47 bits per heavy atom. The molecule has 2 aromatic rings. The molecule has 9 heteroatoms. The van der Waals surface area contributed by atoms with E-state index in [-0.39, 0.29) is 0 Å². The predicted molar refractivity (Wildman–Crippen MR) is 65.1 cm³/mol. The second-order valence-electron chi connectivity index (χ2n) is 2.43. The van der Waals surface area contributed by atoms with Gasteiger partial charge in [-0.25, -0.2) is 0 Å². The number of nitrogens with zero attached hydrogens (tertiary/aromatic N) is 6. The first-order valence-electron chi connectivity index (χ1n) is 3.73. The summed E-state index contributed by atoms with van der Waals surface area (Å²) in [7, 11) is 3.53. The summed E-state index contributed by atoms with van der Waals surface area (Å²) >= 11 is 9.49. The molecule has 0 radical (unpaired) electrons. The number of halogens is 3. The minimum absolute atomic E-state index is 0.736. The molecular formula is C6H7Br3N6. The Morgan fingerprint density at radius 1 is 0.933 bits per heavy atom. The van der Waals surface area contributed by atoms with Crippen LogP contribution in [0.4, 0.5) is 0 Å². The van der Waals surface area contributed by atoms with Gasteiger partial charge in [0, 0.05) is 14.1 Å². The minimum Gasteiger partial charge on any atom is -0.187 e. The normalized spacial score (nSPS) is 9.67. The highest BCUT2D eigenvalue weighted by Gasteiger charge is 1.99. The van der Waals surface area contributed by atoms with Gasteiger partial charge in [0.2, 0.25) is 0 Å². The monoisotopic (exact) mass is 400 g/mol. The Labute approximate surface area is 111 Å². The van der Waals surface area contributed by atoms with E-state index in [1.807, 2.05) is 0 Å². The molecule has 0 spiro atoms. The highest BCUT2D eigenvalue weighted by molar-refractivity contribution is 9.13. The van der Waals surface area contributed by atoms with E-state index in [0.29, 0.717) is 0 Å². The first kappa shape index (κ1) is 12.8. The van der Waals surface area contributed by atoms with E-state index in [1.165, 1.54) is 9.59 Å². The third kappa shape index (κ3) is 4.39. The van der Waals surface area contributed by atoms with Crippen LogP contribution in [0.3, 0.4) is 0 Å². The van der Waals surface area contributed by atoms with E-state index < -0.39 is 0 Å². The lowest BCUT2D eigenvalue weighted by Gasteiger charge is -1.76. The Kier molecular flexibility index (Phi) is 4.87. The SMILES string of the molecule is Cn1nc(Br)c(Br)n1.Cn1ncc(Br)n1. The van der Waals surface area contributed by atoms with Gasteiger partial charge in [0.05, 0.1) is 6.20 Å². The molecule has 15 heavy (non-hydrogen) atoms. The van der Waals surface area contributed by atoms with Crippen LogP contribution >= 0.6 is 47.8 Å². The van der Waals surface area contributed by atoms with Gasteiger partial charge in [-0.1, -0.05) is 0 Å². The van der Waals surface area contributed by atoms with Gasteiger partial charge in [0.15, 0.2) is 9.21 Å². The molecule has 2 rings (SSSR count). The van der Waals surface area contributed by atoms with Gasteiger partial charge in [-0.15, -0.1) is 15.3 Å². The van der Waals surface area contributed by atoms with Crippen molar-refractivity contribution in [3.8, 4) is 0 Å². The number of rotatable bonds is 0. The Morgan fingerprint density at radius 3 is 1.60 bits per heavy atom. The molecule has 0 unspecified atom stereocenters. The molecule has 0 aliphatic carbocycles. The summed E-state index contributed by atoms with van der Waals surface area (Å²) < 4.78 is 2.25. The molecule has 0 fully saturated rings. The summed E-state index contributed by atoms with van der Waals surface area (Å²) in [5.41, 5.74) is 0. The van der Waals surface area contributed by atoms with Crippen molar-refractivity contribution in [1.82, 2.24) is 30.0 Å². The average Bonchev–Trinajstić information content (AvgIpc) is 2.61. The molecular weight excluding hydrogens is 396 g/mol. The smallest absolute Gasteiger partial charge is 0.162 e. The van der Waals surface area contributed by atoms with Gasteiger partial charge in [0.25, 0.3) is 0 Å². The van der Waals surface area contributed by atoms with Crippen LogP contribution in [-0.2, 0) is 14.1 Å². The maximum Gasteiger partial charge on any atom is 0.162 e. The van der Waals surface area contributed by atoms with Gasteiger partial charge in [-0.2, -0.15) is 14.7 Å². The Bertz CT molecular complexity index is 400. The molecule has 0 aliphatic rings. The summed E-state index contributed by atoms with van der Waals surface area (Å²) in [6.45, 7) is 0. The zero-order valence-corrected chi connectivity index (χ0v) is 12.7. The van der Waals surface area contributed by atoms with Crippen LogP contribution < -0.4 is 0 Å². The molecule has 0 saturated carbocycles. The molecule has 0 aliphatic heterocycles. The zero-order valence-electron chi connectivity index (χ0n) is 7.89. The molecule has 0 saturated heterocycles. The molecule has 82 valence electrons. The Hall–Kier alpha value is -0.280. The number of aromatic nitrogens is 6. The number of hydrogen-bond donors (Lipinski definition) is 0. The molecule has 6 nitrogen and oxygen atoms in total. The highest BCUT2D eigenvalue weighted by atomic mass is 79.9. The predicted octanol–water partition coefficient (Wildman–Crippen LogP) is 1.92. The van der Waals surface area contributed by atoms with Crippen LogP contribution in [-0.4, -0.2) is 30.0 Å². The fraction of sp³-hybridized carbons (Fsp3) is 0.333. The van der Waals surface area contributed by atoms with Crippen molar-refractivity contribution in [2.45, 2.75) is 0 Å². The van der Waals surface area contributed by atoms with Gasteiger partial charge >= 0.3 is 0 Å². The van der Waals surface area contributed by atoms with Crippen LogP contribution in [0.5, 0.6) is 0 Å². The van der Waals surface area contributed by atoms with Crippen molar-refractivity contribution < 1.29 is 0 Å². The lowest BCUT2D eigenvalue weighted by Crippen LogP contribution is -1.90. The van der Waals surface area contributed by atoms with Crippen molar-refractivity contribution in [2.24, 2.45) is 14.1 Å². The topological polar surface area (TPSA) is 61.4 Å². The van der Waals surface area contributed by atoms with Crippen molar-refractivity contribution in [1.29, 1.82) is 0 Å². The lowest BCUT2D eigenvalue weighted by molar-refractivity contribution is 0.648. The minimum atomic E-state index is 0.736. The largest absolute Gasteiger partial charge is 0.187 e. The second-order valence-corrected chi connectivity index (χ2v) is 4.74. The zero-order chi connectivity index (χ0) is 11.4. The van der Waals surface area contributed by atoms with E-state index in [0.717, 1.165) is 13.8 Å². The van der Waals surface area contributed by atoms with Crippen molar-refractivity contribution >= 4 is 47.8 Å². The molecule has 0 amide bonds. The second kappa shape index (κ2) is 5.71. The van der Waals surface area contributed by atoms with Gasteiger partial charge in [-0.05, 0) is 47.8 Å². The molecule has 2 aromatic heterocycles. The summed E-state index contributed by atoms with van der Waals surface area (Å²) in [5.74, 6) is 0. The van der Waals surface area contributed by atoms with Gasteiger partial charge < -0.3 is 0 Å². The first-order chi connectivity index (χ1) is 6.99. The number of hydrogen-bond acceptors (Lipinski definition) is 4. The summed E-state index contributed by atoms with van der Waals surface area (Å²) in [6, 6.07) is 0. The molecule has 0 atom stereocenters. The third-order valence-electron chi connectivity index (χ3n) is 1.21. The molecule has 0 bridgehead atoms. The summed E-state index contributed by atoms with van der Waals surface area (Å²) in [4.78, 5) is 2.97. The molecule has 2 heterocycles. The number of aryl methyl sites for hydroxylation is 2. The molecule has 0 N–H and O–H groups in total. The quantitative estimate of drug-likeness (QED) is 0.675. The Balaban J connectivity index is 0.000000151. The maximum absolute atomic E-state index is 3.89. The first-order valence-corrected chi connectivity index (χ1v) is 6.11. The van der Waals surface area contributed by atoms with E-state index in [4.69, 9.17) is 0 Å². The van der Waals surface area contributed by atoms with Crippen molar-refractivity contribution in [2.75, 3.05) is 0 Å². The fourth-order valence-corrected chi connectivity index (χ4v) is 1.62. The van der Waals surface area contributed by atoms with Crippen LogP contribution in [0.1, 0.15) is 0 Å². The van der Waals surface area contributed by atoms with Crippen LogP contribution in [0.15, 0.2) is 20.0 Å². The maximum atomic E-state index is 3.89. The highest BCUT2D eigenvalue weighted by Crippen LogP contribution is 2.15. The van der Waals surface area contributed by atoms with Crippen LogP contribution in [0.25, 0.3) is 0 Å². The van der Waals surface area contributed by atoms with Crippen molar-refractivity contribution in [3.63, 3.8) is 0 Å². The summed E-state index contributed by atoms with van der Waals surface area (Å²) in [6.07, 6.45) is 1.64. The third-order valence-corrected chi connectivity index (χ3v) is 3.17. The van der Waals surface area contributed by atoms with Gasteiger partial charge in [0.1, 0.15) is 4.60 Å². The fourth-order valence-electron chi connectivity index (χ4n) is 0.680. The standard InChI is InChI=1S/C3H3Br2N3.C3H4BrN3/c1-8-6-2(4)3(5)7-8;1-7-5-2-3(4)6-7/h1H3;2H,1H3. The van der Waals surface area contributed by atoms with Crippen LogP contribution in [0, 0.1) is 0 Å². The van der Waals surface area contributed by atoms with E-state index in [2.05, 4.69) is 68.2 Å². The summed E-state index contributed by atoms with van der Waals surface area (Å²) in [5, 5.41) is 15.4. The van der Waals surface area contributed by atoms with E-state index in [1.54, 1.807) is 20.3 Å². The van der Waals surface area contributed by atoms with E-state index in [9.17, 15) is 0 Å². The average molecular weight is 403 g/mol.